The fraction of sp³-hybridized carbons (Fsp3) is 1.00. The van der Waals surface area contributed by atoms with Crippen LogP contribution in [0.4, 0.5) is 4.39 Å². The molecule has 1 aliphatic rings. The molecule has 59 valence electrons. The van der Waals surface area contributed by atoms with E-state index in [2.05, 4.69) is 0 Å². The second-order valence-electron chi connectivity index (χ2n) is 3.04. The molecular weight excluding hydrogens is 141 g/mol. The van der Waals surface area contributed by atoms with Crippen molar-refractivity contribution in [1.29, 1.82) is 0 Å². The van der Waals surface area contributed by atoms with E-state index >= 15 is 0 Å². The van der Waals surface area contributed by atoms with Gasteiger partial charge in [-0.1, -0.05) is 13.8 Å². The van der Waals surface area contributed by atoms with Crippen LogP contribution in [-0.4, -0.2) is 33.2 Å². The van der Waals surface area contributed by atoms with Crippen molar-refractivity contribution in [3.63, 3.8) is 0 Å². The van der Waals surface area contributed by atoms with E-state index in [-0.39, 0.29) is 12.0 Å². The Morgan fingerprint density at radius 1 is 1.64 bits per heavy atom. The summed E-state index contributed by atoms with van der Waals surface area (Å²) < 4.78 is 18.5. The largest absolute Gasteiger partial charge is 0.381 e. The molecule has 0 aromatic heterocycles. The third kappa shape index (κ3) is 1.61. The minimum absolute atomic E-state index is 0.0233. The Kier molecular flexibility index (Phi) is 2.99. The van der Waals surface area contributed by atoms with Crippen LogP contribution in [0.3, 0.4) is 0 Å². The van der Waals surface area contributed by atoms with Gasteiger partial charge in [0.05, 0.1) is 13.3 Å². The molecular formula is C7H12B2FO. The highest BCUT2D eigenvalue weighted by Gasteiger charge is 2.39. The van der Waals surface area contributed by atoms with Crippen LogP contribution in [0.5, 0.6) is 0 Å². The number of rotatable bonds is 2. The Morgan fingerprint density at radius 2 is 2.27 bits per heavy atom. The van der Waals surface area contributed by atoms with Crippen LogP contribution in [-0.2, 0) is 4.74 Å². The smallest absolute Gasteiger partial charge is 0.122 e. The molecule has 1 unspecified atom stereocenters. The summed E-state index contributed by atoms with van der Waals surface area (Å²) in [6.45, 7) is 3.86. The molecule has 0 bridgehead atoms. The Morgan fingerprint density at radius 3 is 2.55 bits per heavy atom. The molecule has 1 rings (SSSR count). The second-order valence-corrected chi connectivity index (χ2v) is 3.04. The summed E-state index contributed by atoms with van der Waals surface area (Å²) in [4.78, 5) is 0. The normalized spacial score (nSPS) is 44.3. The van der Waals surface area contributed by atoms with E-state index in [4.69, 9.17) is 12.5 Å². The van der Waals surface area contributed by atoms with Crippen LogP contribution in [0.15, 0.2) is 0 Å². The minimum atomic E-state index is -0.926. The van der Waals surface area contributed by atoms with Crippen LogP contribution < -0.4 is 0 Å². The first-order valence-electron chi connectivity index (χ1n) is 4.05. The first-order valence-corrected chi connectivity index (χ1v) is 4.05. The van der Waals surface area contributed by atoms with E-state index < -0.39 is 12.2 Å². The third-order valence-electron chi connectivity index (χ3n) is 2.33. The summed E-state index contributed by atoms with van der Waals surface area (Å²) in [5.41, 5.74) is 0. The molecule has 3 radical (unpaired) electrons. The van der Waals surface area contributed by atoms with E-state index in [1.54, 1.807) is 0 Å². The number of halogens is 1. The van der Waals surface area contributed by atoms with Crippen molar-refractivity contribution in [2.24, 2.45) is 5.92 Å². The maximum absolute atomic E-state index is 13.2. The molecule has 4 heteroatoms. The van der Waals surface area contributed by atoms with E-state index in [0.29, 0.717) is 0 Å². The molecule has 1 aliphatic heterocycles. The molecule has 0 aromatic rings. The van der Waals surface area contributed by atoms with Crippen molar-refractivity contribution in [2.75, 3.05) is 0 Å². The molecule has 0 saturated carbocycles. The zero-order valence-electron chi connectivity index (χ0n) is 6.96. The predicted molar refractivity (Wildman–Crippen MR) is 44.5 cm³/mol. The van der Waals surface area contributed by atoms with Crippen molar-refractivity contribution in [1.82, 2.24) is 0 Å². The average molecular weight is 153 g/mol. The summed E-state index contributed by atoms with van der Waals surface area (Å²) >= 11 is 0. The first kappa shape index (κ1) is 9.11. The minimum Gasteiger partial charge on any atom is -0.381 e. The zero-order chi connectivity index (χ0) is 8.43. The lowest BCUT2D eigenvalue weighted by Crippen LogP contribution is -2.27. The summed E-state index contributed by atoms with van der Waals surface area (Å²) in [5, 5.41) is 0. The highest BCUT2D eigenvalue weighted by atomic mass is 19.1. The van der Waals surface area contributed by atoms with Gasteiger partial charge in [0, 0.05) is 19.7 Å². The van der Waals surface area contributed by atoms with Crippen molar-refractivity contribution in [3.8, 4) is 0 Å². The number of hydrogen-bond donors (Lipinski definition) is 0. The maximum Gasteiger partial charge on any atom is 0.122 e. The molecule has 11 heavy (non-hydrogen) atoms. The topological polar surface area (TPSA) is 9.23 Å². The van der Waals surface area contributed by atoms with Gasteiger partial charge in [-0.15, -0.1) is 0 Å². The SMILES string of the molecule is [B][B][C@@H]1O[C@H](CC)[C@H](C)C1F. The molecule has 0 aromatic carbocycles. The van der Waals surface area contributed by atoms with Gasteiger partial charge in [0.25, 0.3) is 0 Å². The van der Waals surface area contributed by atoms with Gasteiger partial charge < -0.3 is 4.74 Å². The molecule has 1 heterocycles. The summed E-state index contributed by atoms with van der Waals surface area (Å²) in [6.07, 6.45) is -0.0360. The van der Waals surface area contributed by atoms with Gasteiger partial charge >= 0.3 is 0 Å². The van der Waals surface area contributed by atoms with Gasteiger partial charge in [-0.2, -0.15) is 0 Å². The Hall–Kier alpha value is 0.0199. The van der Waals surface area contributed by atoms with Gasteiger partial charge in [-0.3, -0.25) is 0 Å². The Labute approximate surface area is 69.3 Å². The van der Waals surface area contributed by atoms with Crippen molar-refractivity contribution in [2.45, 2.75) is 38.5 Å². The molecule has 0 spiro atoms. The first-order chi connectivity index (χ1) is 5.20. The zero-order valence-corrected chi connectivity index (χ0v) is 6.96. The summed E-state index contributed by atoms with van der Waals surface area (Å²) in [7, 11) is 6.52. The van der Waals surface area contributed by atoms with E-state index in [1.165, 1.54) is 7.17 Å². The molecule has 0 N–H and O–H groups in total. The summed E-state index contributed by atoms with van der Waals surface area (Å²) in [5.74, 6) is -0.0233. The van der Waals surface area contributed by atoms with Crippen molar-refractivity contribution >= 4 is 14.9 Å². The lowest BCUT2D eigenvalue weighted by Gasteiger charge is -2.11. The molecule has 4 atom stereocenters. The van der Waals surface area contributed by atoms with E-state index in [0.717, 1.165) is 6.42 Å². The Bertz CT molecular complexity index is 116. The highest BCUT2D eigenvalue weighted by Crippen LogP contribution is 2.30. The van der Waals surface area contributed by atoms with Gasteiger partial charge in [-0.25, -0.2) is 4.39 Å². The molecule has 0 amide bonds. The number of hydrogen-bond acceptors (Lipinski definition) is 1. The van der Waals surface area contributed by atoms with Crippen LogP contribution >= 0.6 is 0 Å². The number of alkyl halides is 1. The van der Waals surface area contributed by atoms with Crippen LogP contribution in [0.1, 0.15) is 20.3 Å². The van der Waals surface area contributed by atoms with Gasteiger partial charge in [0.1, 0.15) is 6.17 Å². The summed E-state index contributed by atoms with van der Waals surface area (Å²) in [6, 6.07) is -0.491. The standard InChI is InChI=1S/C7H12B2FO/c1-3-5-4(2)6(10)7(9-8)11-5/h4-7H,3H2,1-2H3/t4-,5+,6?,7+/m0/s1. The van der Waals surface area contributed by atoms with Crippen LogP contribution in [0.2, 0.25) is 0 Å². The fourth-order valence-corrected chi connectivity index (χ4v) is 1.52. The van der Waals surface area contributed by atoms with Crippen LogP contribution in [0.25, 0.3) is 0 Å². The molecule has 0 aliphatic carbocycles. The van der Waals surface area contributed by atoms with Crippen molar-refractivity contribution in [3.05, 3.63) is 0 Å². The fourth-order valence-electron chi connectivity index (χ4n) is 1.52. The number of ether oxygens (including phenoxy) is 1. The lowest BCUT2D eigenvalue weighted by molar-refractivity contribution is 0.0667. The molecule has 1 saturated heterocycles. The van der Waals surface area contributed by atoms with Crippen molar-refractivity contribution < 1.29 is 9.13 Å². The third-order valence-corrected chi connectivity index (χ3v) is 2.33. The second kappa shape index (κ2) is 3.61. The van der Waals surface area contributed by atoms with Crippen LogP contribution in [0, 0.1) is 5.92 Å². The highest BCUT2D eigenvalue weighted by molar-refractivity contribution is 6.90. The van der Waals surface area contributed by atoms with E-state index in [1.807, 2.05) is 13.8 Å². The monoisotopic (exact) mass is 153 g/mol. The predicted octanol–water partition coefficient (Wildman–Crippen LogP) is 0.883. The van der Waals surface area contributed by atoms with Gasteiger partial charge in [0.15, 0.2) is 0 Å². The average Bonchev–Trinajstić information content (AvgIpc) is 2.30. The maximum atomic E-state index is 13.2. The molecule has 1 nitrogen and oxygen atoms in total. The molecule has 1 fully saturated rings. The van der Waals surface area contributed by atoms with Gasteiger partial charge in [-0.05, 0) is 6.42 Å². The Balaban J connectivity index is 2.53. The quantitative estimate of drug-likeness (QED) is 0.535. The lowest BCUT2D eigenvalue weighted by atomic mass is 9.50. The van der Waals surface area contributed by atoms with Gasteiger partial charge in [0.2, 0.25) is 0 Å². The van der Waals surface area contributed by atoms with E-state index in [9.17, 15) is 4.39 Å².